The summed E-state index contributed by atoms with van der Waals surface area (Å²) in [4.78, 5) is 25.2. The maximum absolute atomic E-state index is 12.9. The monoisotopic (exact) mass is 456 g/mol. The number of hydrogen-bond acceptors (Lipinski definition) is 5. The fourth-order valence-electron chi connectivity index (χ4n) is 3.14. The molecule has 0 saturated carbocycles. The van der Waals surface area contributed by atoms with Crippen LogP contribution >= 0.6 is 11.6 Å². The number of hydrogen-bond donors (Lipinski definition) is 1. The maximum atomic E-state index is 12.9. The number of carbonyl (C=O) groups excluding carboxylic acids is 2. The van der Waals surface area contributed by atoms with Gasteiger partial charge in [0.25, 0.3) is 5.91 Å². The van der Waals surface area contributed by atoms with Gasteiger partial charge in [0.15, 0.2) is 6.61 Å². The number of rotatable bonds is 6. The molecule has 4 aromatic rings. The number of amides is 1. The van der Waals surface area contributed by atoms with Crippen LogP contribution in [0.25, 0.3) is 16.9 Å². The summed E-state index contributed by atoms with van der Waals surface area (Å²) in [6, 6.07) is 24.8. The van der Waals surface area contributed by atoms with Gasteiger partial charge in [-0.15, -0.1) is 0 Å². The van der Waals surface area contributed by atoms with Crippen molar-refractivity contribution < 1.29 is 14.3 Å². The predicted octanol–water partition coefficient (Wildman–Crippen LogP) is 4.86. The molecule has 1 N–H and O–H groups in total. The van der Waals surface area contributed by atoms with E-state index in [0.29, 0.717) is 27.5 Å². The summed E-state index contributed by atoms with van der Waals surface area (Å²) in [5.41, 5.74) is 2.69. The van der Waals surface area contributed by atoms with E-state index in [9.17, 15) is 9.59 Å². The van der Waals surface area contributed by atoms with Gasteiger partial charge in [-0.05, 0) is 36.4 Å². The number of halogens is 1. The Bertz CT molecular complexity index is 1340. The largest absolute Gasteiger partial charge is 0.452 e. The highest BCUT2D eigenvalue weighted by Gasteiger charge is 2.21. The molecule has 0 atom stereocenters. The van der Waals surface area contributed by atoms with E-state index < -0.39 is 18.5 Å². The number of carbonyl (C=O) groups is 2. The van der Waals surface area contributed by atoms with E-state index in [1.807, 2.05) is 36.4 Å². The summed E-state index contributed by atoms with van der Waals surface area (Å²) in [5, 5.41) is 16.8. The lowest BCUT2D eigenvalue weighted by Gasteiger charge is -2.08. The van der Waals surface area contributed by atoms with Gasteiger partial charge in [-0.2, -0.15) is 10.4 Å². The highest BCUT2D eigenvalue weighted by molar-refractivity contribution is 6.30. The molecule has 0 unspecified atom stereocenters. The van der Waals surface area contributed by atoms with Crippen molar-refractivity contribution in [3.05, 3.63) is 101 Å². The topological polar surface area (TPSA) is 97.0 Å². The van der Waals surface area contributed by atoms with Crippen LogP contribution in [0.1, 0.15) is 15.9 Å². The third-order valence-corrected chi connectivity index (χ3v) is 4.98. The van der Waals surface area contributed by atoms with Gasteiger partial charge < -0.3 is 10.1 Å². The van der Waals surface area contributed by atoms with Crippen LogP contribution in [0.5, 0.6) is 0 Å². The molecule has 1 amide bonds. The first-order valence-electron chi connectivity index (χ1n) is 9.92. The highest BCUT2D eigenvalue weighted by Crippen LogP contribution is 2.26. The van der Waals surface area contributed by atoms with E-state index in [2.05, 4.69) is 10.4 Å². The second kappa shape index (κ2) is 9.81. The van der Waals surface area contributed by atoms with Crippen molar-refractivity contribution in [2.24, 2.45) is 0 Å². The third-order valence-electron chi connectivity index (χ3n) is 4.73. The molecule has 0 spiro atoms. The maximum Gasteiger partial charge on any atom is 0.342 e. The summed E-state index contributed by atoms with van der Waals surface area (Å²) >= 11 is 5.99. The minimum Gasteiger partial charge on any atom is -0.452 e. The van der Waals surface area contributed by atoms with Crippen LogP contribution in [-0.2, 0) is 9.53 Å². The number of aromatic nitrogens is 2. The van der Waals surface area contributed by atoms with Gasteiger partial charge in [0, 0.05) is 16.8 Å². The Balaban J connectivity index is 1.56. The van der Waals surface area contributed by atoms with Crippen LogP contribution in [0, 0.1) is 11.3 Å². The first kappa shape index (κ1) is 21.8. The number of nitrogens with zero attached hydrogens (tertiary/aromatic N) is 3. The Kier molecular flexibility index (Phi) is 6.48. The minimum absolute atomic E-state index is 0.200. The summed E-state index contributed by atoms with van der Waals surface area (Å²) in [7, 11) is 0. The van der Waals surface area contributed by atoms with E-state index in [1.165, 1.54) is 0 Å². The number of benzene rings is 3. The van der Waals surface area contributed by atoms with Crippen molar-refractivity contribution in [3.8, 4) is 23.0 Å². The Morgan fingerprint density at radius 3 is 2.42 bits per heavy atom. The smallest absolute Gasteiger partial charge is 0.342 e. The van der Waals surface area contributed by atoms with Gasteiger partial charge >= 0.3 is 5.97 Å². The van der Waals surface area contributed by atoms with Crippen molar-refractivity contribution in [1.29, 1.82) is 5.26 Å². The molecule has 8 heteroatoms. The van der Waals surface area contributed by atoms with E-state index in [1.54, 1.807) is 59.4 Å². The van der Waals surface area contributed by atoms with Gasteiger partial charge in [-0.3, -0.25) is 4.79 Å². The summed E-state index contributed by atoms with van der Waals surface area (Å²) in [6.45, 7) is -0.519. The summed E-state index contributed by atoms with van der Waals surface area (Å²) in [6.07, 6.45) is 1.56. The lowest BCUT2D eigenvalue weighted by molar-refractivity contribution is -0.119. The normalized spacial score (nSPS) is 10.3. The molecule has 0 bridgehead atoms. The van der Waals surface area contributed by atoms with Crippen molar-refractivity contribution in [3.63, 3.8) is 0 Å². The van der Waals surface area contributed by atoms with Crippen LogP contribution in [0.2, 0.25) is 5.02 Å². The molecule has 3 aromatic carbocycles. The zero-order valence-corrected chi connectivity index (χ0v) is 18.0. The molecule has 0 aliphatic rings. The van der Waals surface area contributed by atoms with Crippen LogP contribution in [0.4, 0.5) is 5.69 Å². The fraction of sp³-hybridized carbons (Fsp3) is 0.0400. The van der Waals surface area contributed by atoms with Gasteiger partial charge in [0.05, 0.1) is 16.9 Å². The van der Waals surface area contributed by atoms with Gasteiger partial charge in [0.1, 0.15) is 17.3 Å². The predicted molar refractivity (Wildman–Crippen MR) is 124 cm³/mol. The molecule has 0 aliphatic heterocycles. The molecule has 33 heavy (non-hydrogen) atoms. The molecule has 162 valence electrons. The average molecular weight is 457 g/mol. The number of para-hydroxylation sites is 2. The van der Waals surface area contributed by atoms with E-state index in [0.717, 1.165) is 5.69 Å². The SMILES string of the molecule is N#Cc1ccccc1NC(=O)COC(=O)c1cn(-c2ccccc2)nc1-c1ccc(Cl)cc1. The quantitative estimate of drug-likeness (QED) is 0.418. The molecule has 0 saturated heterocycles. The highest BCUT2D eigenvalue weighted by atomic mass is 35.5. The second-order valence-electron chi connectivity index (χ2n) is 6.96. The molecular formula is C25H17ClN4O3. The summed E-state index contributed by atoms with van der Waals surface area (Å²) < 4.78 is 6.83. The van der Waals surface area contributed by atoms with Crippen LogP contribution in [0.3, 0.4) is 0 Å². The Hall–Kier alpha value is -4.41. The molecule has 0 aliphatic carbocycles. The molecule has 1 heterocycles. The van der Waals surface area contributed by atoms with E-state index in [-0.39, 0.29) is 5.56 Å². The number of ether oxygens (including phenoxy) is 1. The Morgan fingerprint density at radius 2 is 1.70 bits per heavy atom. The number of anilines is 1. The first-order chi connectivity index (χ1) is 16.0. The van der Waals surface area contributed by atoms with Crippen molar-refractivity contribution in [2.75, 3.05) is 11.9 Å². The average Bonchev–Trinajstić information content (AvgIpc) is 3.29. The van der Waals surface area contributed by atoms with Crippen molar-refractivity contribution >= 4 is 29.2 Å². The molecule has 0 radical (unpaired) electrons. The van der Waals surface area contributed by atoms with E-state index >= 15 is 0 Å². The molecule has 0 fully saturated rings. The molecular weight excluding hydrogens is 440 g/mol. The number of nitrogens with one attached hydrogen (secondary N) is 1. The number of esters is 1. The zero-order valence-electron chi connectivity index (χ0n) is 17.2. The Labute approximate surface area is 194 Å². The van der Waals surface area contributed by atoms with E-state index in [4.69, 9.17) is 21.6 Å². The van der Waals surface area contributed by atoms with Gasteiger partial charge in [-0.25, -0.2) is 9.48 Å². The van der Waals surface area contributed by atoms with Crippen molar-refractivity contribution in [2.45, 2.75) is 0 Å². The van der Waals surface area contributed by atoms with Crippen LogP contribution in [0.15, 0.2) is 85.1 Å². The molecule has 7 nitrogen and oxygen atoms in total. The zero-order chi connectivity index (χ0) is 23.2. The standard InChI is InChI=1S/C25H17ClN4O3/c26-19-12-10-17(11-13-19)24-21(15-30(29-24)20-7-2-1-3-8-20)25(32)33-16-23(31)28-22-9-5-4-6-18(22)14-27/h1-13,15H,16H2,(H,28,31). The minimum atomic E-state index is -0.703. The third kappa shape index (κ3) is 5.09. The first-order valence-corrected chi connectivity index (χ1v) is 10.3. The molecule has 4 rings (SSSR count). The van der Waals surface area contributed by atoms with Crippen LogP contribution in [-0.4, -0.2) is 28.3 Å². The van der Waals surface area contributed by atoms with Gasteiger partial charge in [0.2, 0.25) is 0 Å². The lowest BCUT2D eigenvalue weighted by atomic mass is 10.1. The summed E-state index contributed by atoms with van der Waals surface area (Å²) in [5.74, 6) is -1.26. The lowest BCUT2D eigenvalue weighted by Crippen LogP contribution is -2.21. The molecule has 1 aromatic heterocycles. The van der Waals surface area contributed by atoms with Crippen LogP contribution < -0.4 is 5.32 Å². The number of nitriles is 1. The van der Waals surface area contributed by atoms with Crippen molar-refractivity contribution in [1.82, 2.24) is 9.78 Å². The Morgan fingerprint density at radius 1 is 1.00 bits per heavy atom. The fourth-order valence-corrected chi connectivity index (χ4v) is 3.27. The second-order valence-corrected chi connectivity index (χ2v) is 7.40. The van der Waals surface area contributed by atoms with Gasteiger partial charge in [-0.1, -0.05) is 54.1 Å².